The summed E-state index contributed by atoms with van der Waals surface area (Å²) < 4.78 is 24.1. The zero-order chi connectivity index (χ0) is 17.8. The number of nitrogens with two attached hydrogens (primary N) is 2. The molecule has 0 aliphatic heterocycles. The molecule has 0 unspecified atom stereocenters. The van der Waals surface area contributed by atoms with Crippen molar-refractivity contribution < 1.29 is 13.5 Å². The van der Waals surface area contributed by atoms with E-state index in [1.54, 1.807) is 6.92 Å². The fourth-order valence-electron chi connectivity index (χ4n) is 1.86. The molecule has 2 heterocycles. The fraction of sp³-hybridized carbons (Fsp3) is 0.214. The zero-order valence-electron chi connectivity index (χ0n) is 13.1. The highest BCUT2D eigenvalue weighted by Gasteiger charge is 2.16. The van der Waals surface area contributed by atoms with Gasteiger partial charge in [-0.3, -0.25) is 0 Å². The summed E-state index contributed by atoms with van der Waals surface area (Å²) in [4.78, 5) is 11.6. The number of hydrogen-bond donors (Lipinski definition) is 2. The number of aromatic nitrogens is 5. The third-order valence-corrected chi connectivity index (χ3v) is 3.75. The molecular formula is C14H14FN7O2S. The van der Waals surface area contributed by atoms with Gasteiger partial charge in [0.05, 0.1) is 5.75 Å². The summed E-state index contributed by atoms with van der Waals surface area (Å²) in [6.07, 6.45) is -0.490. The van der Waals surface area contributed by atoms with Gasteiger partial charge in [0.1, 0.15) is 17.4 Å². The van der Waals surface area contributed by atoms with Crippen molar-refractivity contribution in [2.75, 3.05) is 11.5 Å². The molecule has 0 bridgehead atoms. The van der Waals surface area contributed by atoms with E-state index < -0.39 is 6.10 Å². The van der Waals surface area contributed by atoms with Crippen LogP contribution >= 0.6 is 11.8 Å². The third-order valence-electron chi connectivity index (χ3n) is 2.94. The van der Waals surface area contributed by atoms with Crippen LogP contribution in [0.5, 0.6) is 5.75 Å². The Morgan fingerprint density at radius 3 is 2.48 bits per heavy atom. The summed E-state index contributed by atoms with van der Waals surface area (Å²) in [6, 6.07) is 5.66. The first-order valence-corrected chi connectivity index (χ1v) is 8.12. The van der Waals surface area contributed by atoms with Crippen molar-refractivity contribution in [2.24, 2.45) is 0 Å². The lowest BCUT2D eigenvalue weighted by Gasteiger charge is -2.10. The predicted octanol–water partition coefficient (Wildman–Crippen LogP) is 1.99. The number of benzene rings is 1. The third kappa shape index (κ3) is 4.53. The van der Waals surface area contributed by atoms with Crippen molar-refractivity contribution in [3.05, 3.63) is 41.8 Å². The minimum atomic E-state index is -0.490. The number of thioether (sulfide) groups is 1. The number of hydrogen-bond acceptors (Lipinski definition) is 10. The van der Waals surface area contributed by atoms with Gasteiger partial charge in [0.2, 0.25) is 11.9 Å². The first kappa shape index (κ1) is 16.9. The molecule has 3 aromatic rings. The van der Waals surface area contributed by atoms with E-state index in [1.165, 1.54) is 36.0 Å². The van der Waals surface area contributed by atoms with Crippen LogP contribution in [0.4, 0.5) is 16.3 Å². The molecule has 1 atom stereocenters. The maximum Gasteiger partial charge on any atom is 0.277 e. The van der Waals surface area contributed by atoms with Crippen LogP contribution in [0.2, 0.25) is 0 Å². The first-order valence-electron chi connectivity index (χ1n) is 7.14. The lowest BCUT2D eigenvalue weighted by Crippen LogP contribution is -2.05. The van der Waals surface area contributed by atoms with Gasteiger partial charge in [-0.15, -0.1) is 10.2 Å². The topological polar surface area (TPSA) is 139 Å². The van der Waals surface area contributed by atoms with Crippen LogP contribution in [-0.4, -0.2) is 25.1 Å². The van der Waals surface area contributed by atoms with Crippen LogP contribution in [0.15, 0.2) is 33.9 Å². The van der Waals surface area contributed by atoms with E-state index in [9.17, 15) is 4.39 Å². The Labute approximate surface area is 146 Å². The molecule has 0 saturated carbocycles. The lowest BCUT2D eigenvalue weighted by molar-refractivity contribution is 0.181. The Morgan fingerprint density at radius 2 is 1.80 bits per heavy atom. The SMILES string of the molecule is C[C@@H](Oc1ccc(F)cc1)c1nnc(SCc2nc(N)nc(N)n2)o1. The Kier molecular flexibility index (Phi) is 4.93. The molecule has 0 amide bonds. The largest absolute Gasteiger partial charge is 0.481 e. The van der Waals surface area contributed by atoms with Crippen LogP contribution in [0.3, 0.4) is 0 Å². The fourth-order valence-corrected chi connectivity index (χ4v) is 2.48. The number of ether oxygens (including phenoxy) is 1. The lowest BCUT2D eigenvalue weighted by atomic mass is 10.3. The van der Waals surface area contributed by atoms with Gasteiger partial charge in [-0.25, -0.2) is 4.39 Å². The van der Waals surface area contributed by atoms with Crippen LogP contribution in [-0.2, 0) is 5.75 Å². The molecule has 0 saturated heterocycles. The van der Waals surface area contributed by atoms with Crippen molar-refractivity contribution in [1.82, 2.24) is 25.1 Å². The van der Waals surface area contributed by atoms with Gasteiger partial charge in [-0.1, -0.05) is 11.8 Å². The molecule has 3 rings (SSSR count). The highest BCUT2D eigenvalue weighted by atomic mass is 32.2. The number of nitrogens with zero attached hydrogens (tertiary/aromatic N) is 5. The minimum Gasteiger partial charge on any atom is -0.481 e. The summed E-state index contributed by atoms with van der Waals surface area (Å²) in [7, 11) is 0. The number of rotatable bonds is 6. The van der Waals surface area contributed by atoms with E-state index in [-0.39, 0.29) is 17.7 Å². The highest BCUT2D eigenvalue weighted by molar-refractivity contribution is 7.98. The van der Waals surface area contributed by atoms with Crippen molar-refractivity contribution in [2.45, 2.75) is 24.0 Å². The normalized spacial score (nSPS) is 12.1. The quantitative estimate of drug-likeness (QED) is 0.625. The summed E-state index contributed by atoms with van der Waals surface area (Å²) in [6.45, 7) is 1.75. The van der Waals surface area contributed by atoms with Crippen molar-refractivity contribution in [3.8, 4) is 5.75 Å². The van der Waals surface area contributed by atoms with Crippen molar-refractivity contribution in [1.29, 1.82) is 0 Å². The van der Waals surface area contributed by atoms with Crippen LogP contribution in [0.25, 0.3) is 0 Å². The highest BCUT2D eigenvalue weighted by Crippen LogP contribution is 2.25. The van der Waals surface area contributed by atoms with E-state index in [0.29, 0.717) is 28.4 Å². The Balaban J connectivity index is 1.60. The number of nitrogen functional groups attached to an aromatic ring is 2. The van der Waals surface area contributed by atoms with E-state index in [2.05, 4.69) is 25.1 Å². The molecular weight excluding hydrogens is 349 g/mol. The predicted molar refractivity (Wildman–Crippen MR) is 88.0 cm³/mol. The molecule has 2 aromatic heterocycles. The molecule has 0 aliphatic rings. The maximum absolute atomic E-state index is 12.9. The molecule has 0 aliphatic carbocycles. The molecule has 11 heteroatoms. The maximum atomic E-state index is 12.9. The van der Waals surface area contributed by atoms with Crippen LogP contribution < -0.4 is 16.2 Å². The summed E-state index contributed by atoms with van der Waals surface area (Å²) in [5, 5.41) is 8.19. The second-order valence-corrected chi connectivity index (χ2v) is 5.80. The average molecular weight is 363 g/mol. The van der Waals surface area contributed by atoms with Gasteiger partial charge >= 0.3 is 0 Å². The molecule has 0 spiro atoms. The number of anilines is 2. The van der Waals surface area contributed by atoms with Gasteiger partial charge in [-0.2, -0.15) is 15.0 Å². The van der Waals surface area contributed by atoms with Crippen molar-refractivity contribution >= 4 is 23.7 Å². The van der Waals surface area contributed by atoms with Crippen LogP contribution in [0.1, 0.15) is 24.7 Å². The van der Waals surface area contributed by atoms with E-state index in [1.807, 2.05) is 0 Å². The molecule has 0 radical (unpaired) electrons. The van der Waals surface area contributed by atoms with Crippen LogP contribution in [0, 0.1) is 5.82 Å². The Morgan fingerprint density at radius 1 is 1.12 bits per heavy atom. The molecule has 0 fully saturated rings. The number of halogens is 1. The molecule has 4 N–H and O–H groups in total. The smallest absolute Gasteiger partial charge is 0.277 e. The second-order valence-electron chi connectivity index (χ2n) is 4.88. The zero-order valence-corrected chi connectivity index (χ0v) is 13.9. The average Bonchev–Trinajstić information content (AvgIpc) is 3.03. The summed E-state index contributed by atoms with van der Waals surface area (Å²) >= 11 is 1.23. The van der Waals surface area contributed by atoms with Gasteiger partial charge in [0.15, 0.2) is 6.10 Å². The minimum absolute atomic E-state index is 0.0515. The molecule has 1 aromatic carbocycles. The molecule has 130 valence electrons. The molecule has 25 heavy (non-hydrogen) atoms. The van der Waals surface area contributed by atoms with Gasteiger partial charge < -0.3 is 20.6 Å². The van der Waals surface area contributed by atoms with E-state index in [0.717, 1.165) is 0 Å². The second kappa shape index (κ2) is 7.30. The first-order chi connectivity index (χ1) is 12.0. The van der Waals surface area contributed by atoms with Gasteiger partial charge in [0, 0.05) is 0 Å². The Hall–Kier alpha value is -2.95. The monoisotopic (exact) mass is 363 g/mol. The van der Waals surface area contributed by atoms with Gasteiger partial charge in [-0.05, 0) is 31.2 Å². The Bertz CT molecular complexity index is 838. The van der Waals surface area contributed by atoms with E-state index >= 15 is 0 Å². The van der Waals surface area contributed by atoms with E-state index in [4.69, 9.17) is 20.6 Å². The summed E-state index contributed by atoms with van der Waals surface area (Å²) in [5.41, 5.74) is 11.0. The standard InChI is InChI=1S/C14H14FN7O2S/c1-7(23-9-4-2-8(15)3-5-9)11-21-22-14(24-11)25-6-10-18-12(16)20-13(17)19-10/h2-5,7H,6H2,1H3,(H4,16,17,18,19,20)/t7-/m1/s1. The van der Waals surface area contributed by atoms with Crippen molar-refractivity contribution in [3.63, 3.8) is 0 Å². The van der Waals surface area contributed by atoms with Gasteiger partial charge in [0.25, 0.3) is 11.1 Å². The summed E-state index contributed by atoms with van der Waals surface area (Å²) in [5.74, 6) is 1.30. The molecule has 9 nitrogen and oxygen atoms in total.